The Balaban J connectivity index is 1.73. The maximum atomic E-state index is 12.1. The number of aliphatic hydroxyl groups is 1. The third-order valence-corrected chi connectivity index (χ3v) is 3.80. The molecule has 5 heteroatoms. The number of aromatic nitrogens is 2. The molecule has 1 heterocycles. The molecule has 0 unspecified atom stereocenters. The summed E-state index contributed by atoms with van der Waals surface area (Å²) in [4.78, 5) is 12.1. The number of carbonyl (C=O) groups excluding carboxylic acids is 1. The van der Waals surface area contributed by atoms with Crippen LogP contribution < -0.4 is 5.32 Å². The second-order valence-corrected chi connectivity index (χ2v) is 5.23. The minimum atomic E-state index is -0.734. The number of aromatic amines is 1. The van der Waals surface area contributed by atoms with Crippen LogP contribution >= 0.6 is 0 Å². The standard InChI is InChI=1S/C14H17N3O2/c18-13(15-9-14(19)7-3-4-8-14)12-10-5-1-2-6-11(10)16-17-12/h1-2,5-6,19H,3-4,7-9H2,(H,15,18)(H,16,17). The Kier molecular flexibility index (Phi) is 2.98. The fourth-order valence-corrected chi connectivity index (χ4v) is 2.67. The summed E-state index contributed by atoms with van der Waals surface area (Å²) in [6.07, 6.45) is 3.57. The summed E-state index contributed by atoms with van der Waals surface area (Å²) in [6.45, 7) is 0.299. The molecule has 0 saturated heterocycles. The van der Waals surface area contributed by atoms with Crippen LogP contribution in [0.4, 0.5) is 0 Å². The van der Waals surface area contributed by atoms with E-state index in [0.29, 0.717) is 12.2 Å². The van der Waals surface area contributed by atoms with Crippen LogP contribution in [0.3, 0.4) is 0 Å². The van der Waals surface area contributed by atoms with Crippen LogP contribution in [0.25, 0.3) is 10.9 Å². The van der Waals surface area contributed by atoms with Crippen molar-refractivity contribution in [2.75, 3.05) is 6.54 Å². The second-order valence-electron chi connectivity index (χ2n) is 5.23. The molecule has 1 aromatic heterocycles. The lowest BCUT2D eigenvalue weighted by molar-refractivity contribution is 0.0449. The van der Waals surface area contributed by atoms with Gasteiger partial charge >= 0.3 is 0 Å². The highest BCUT2D eigenvalue weighted by atomic mass is 16.3. The molecule has 5 nitrogen and oxygen atoms in total. The number of amides is 1. The van der Waals surface area contributed by atoms with E-state index in [0.717, 1.165) is 36.6 Å². The fraction of sp³-hybridized carbons (Fsp3) is 0.429. The van der Waals surface area contributed by atoms with Gasteiger partial charge in [-0.3, -0.25) is 9.89 Å². The second kappa shape index (κ2) is 4.66. The zero-order valence-electron chi connectivity index (χ0n) is 10.6. The van der Waals surface area contributed by atoms with Crippen molar-refractivity contribution in [3.8, 4) is 0 Å². The third kappa shape index (κ3) is 2.33. The zero-order chi connectivity index (χ0) is 13.3. The lowest BCUT2D eigenvalue weighted by atomic mass is 10.0. The maximum absolute atomic E-state index is 12.1. The maximum Gasteiger partial charge on any atom is 0.272 e. The fourth-order valence-electron chi connectivity index (χ4n) is 2.67. The van der Waals surface area contributed by atoms with E-state index < -0.39 is 5.60 Å². The van der Waals surface area contributed by atoms with Gasteiger partial charge < -0.3 is 10.4 Å². The first-order valence-electron chi connectivity index (χ1n) is 6.62. The normalized spacial score (nSPS) is 17.7. The number of rotatable bonds is 3. The van der Waals surface area contributed by atoms with E-state index in [-0.39, 0.29) is 5.91 Å². The predicted molar refractivity (Wildman–Crippen MR) is 71.8 cm³/mol. The molecule has 1 aromatic carbocycles. The SMILES string of the molecule is O=C(NCC1(O)CCCC1)c1n[nH]c2ccccc12. The Morgan fingerprint density at radius 3 is 2.89 bits per heavy atom. The van der Waals surface area contributed by atoms with E-state index in [1.807, 2.05) is 24.3 Å². The van der Waals surface area contributed by atoms with Gasteiger partial charge in [-0.25, -0.2) is 0 Å². The lowest BCUT2D eigenvalue weighted by Crippen LogP contribution is -2.40. The molecule has 1 aliphatic rings. The molecular formula is C14H17N3O2. The smallest absolute Gasteiger partial charge is 0.272 e. The van der Waals surface area contributed by atoms with Crippen LogP contribution in [-0.4, -0.2) is 33.4 Å². The highest BCUT2D eigenvalue weighted by molar-refractivity contribution is 6.04. The molecule has 1 amide bonds. The molecule has 3 N–H and O–H groups in total. The number of H-pyrrole nitrogens is 1. The number of fused-ring (bicyclic) bond motifs is 1. The van der Waals surface area contributed by atoms with Gasteiger partial charge in [0.2, 0.25) is 0 Å². The van der Waals surface area contributed by atoms with Crippen molar-refractivity contribution in [3.63, 3.8) is 0 Å². The number of benzene rings is 1. The zero-order valence-corrected chi connectivity index (χ0v) is 10.6. The first-order valence-corrected chi connectivity index (χ1v) is 6.62. The molecule has 1 saturated carbocycles. The molecule has 0 atom stereocenters. The topological polar surface area (TPSA) is 78.0 Å². The van der Waals surface area contributed by atoms with E-state index >= 15 is 0 Å². The molecule has 2 aromatic rings. The summed E-state index contributed by atoms with van der Waals surface area (Å²) in [5, 5.41) is 20.7. The number of hydrogen-bond acceptors (Lipinski definition) is 3. The number of carbonyl (C=O) groups is 1. The average molecular weight is 259 g/mol. The van der Waals surface area contributed by atoms with E-state index in [9.17, 15) is 9.90 Å². The van der Waals surface area contributed by atoms with E-state index in [1.54, 1.807) is 0 Å². The number of hydrogen-bond donors (Lipinski definition) is 3. The highest BCUT2D eigenvalue weighted by Gasteiger charge is 2.31. The quantitative estimate of drug-likeness (QED) is 0.783. The van der Waals surface area contributed by atoms with Gasteiger partial charge in [-0.2, -0.15) is 5.10 Å². The van der Waals surface area contributed by atoms with Crippen LogP contribution in [0.1, 0.15) is 36.2 Å². The van der Waals surface area contributed by atoms with Crippen molar-refractivity contribution in [2.24, 2.45) is 0 Å². The molecule has 0 radical (unpaired) electrons. The van der Waals surface area contributed by atoms with Crippen molar-refractivity contribution >= 4 is 16.8 Å². The summed E-state index contributed by atoms with van der Waals surface area (Å²) in [6, 6.07) is 7.50. The highest BCUT2D eigenvalue weighted by Crippen LogP contribution is 2.28. The third-order valence-electron chi connectivity index (χ3n) is 3.80. The Hall–Kier alpha value is -1.88. The van der Waals surface area contributed by atoms with E-state index in [1.165, 1.54) is 0 Å². The van der Waals surface area contributed by atoms with Crippen molar-refractivity contribution < 1.29 is 9.90 Å². The number of nitrogens with one attached hydrogen (secondary N) is 2. The van der Waals surface area contributed by atoms with Gasteiger partial charge in [0.1, 0.15) is 0 Å². The molecule has 100 valence electrons. The summed E-state index contributed by atoms with van der Waals surface area (Å²) in [5.41, 5.74) is 0.492. The Labute approximate surface area is 111 Å². The van der Waals surface area contributed by atoms with Crippen molar-refractivity contribution in [1.29, 1.82) is 0 Å². The molecule has 1 fully saturated rings. The first kappa shape index (κ1) is 12.2. The summed E-state index contributed by atoms with van der Waals surface area (Å²) >= 11 is 0. The molecular weight excluding hydrogens is 242 g/mol. The van der Waals surface area contributed by atoms with Gasteiger partial charge in [0, 0.05) is 11.9 Å². The van der Waals surface area contributed by atoms with Crippen molar-refractivity contribution in [2.45, 2.75) is 31.3 Å². The monoisotopic (exact) mass is 259 g/mol. The van der Waals surface area contributed by atoms with Gasteiger partial charge in [-0.05, 0) is 18.9 Å². The van der Waals surface area contributed by atoms with Crippen molar-refractivity contribution in [1.82, 2.24) is 15.5 Å². The molecule has 3 rings (SSSR count). The van der Waals surface area contributed by atoms with Crippen LogP contribution in [-0.2, 0) is 0 Å². The number of nitrogens with zero attached hydrogens (tertiary/aromatic N) is 1. The Morgan fingerprint density at radius 1 is 1.37 bits per heavy atom. The summed E-state index contributed by atoms with van der Waals surface area (Å²) < 4.78 is 0. The van der Waals surface area contributed by atoms with Gasteiger partial charge in [0.25, 0.3) is 5.91 Å². The predicted octanol–water partition coefficient (Wildman–Crippen LogP) is 1.60. The first-order chi connectivity index (χ1) is 9.18. The molecule has 1 aliphatic carbocycles. The van der Waals surface area contributed by atoms with Gasteiger partial charge in [0.15, 0.2) is 5.69 Å². The molecule has 0 bridgehead atoms. The van der Waals surface area contributed by atoms with Gasteiger partial charge in [-0.15, -0.1) is 0 Å². The summed E-state index contributed by atoms with van der Waals surface area (Å²) in [7, 11) is 0. The summed E-state index contributed by atoms with van der Waals surface area (Å²) in [5.74, 6) is -0.238. The van der Waals surface area contributed by atoms with Crippen molar-refractivity contribution in [3.05, 3.63) is 30.0 Å². The Morgan fingerprint density at radius 2 is 2.11 bits per heavy atom. The van der Waals surface area contributed by atoms with Crippen LogP contribution in [0.15, 0.2) is 24.3 Å². The van der Waals surface area contributed by atoms with E-state index in [2.05, 4.69) is 15.5 Å². The molecule has 0 spiro atoms. The number of para-hydroxylation sites is 1. The molecule has 19 heavy (non-hydrogen) atoms. The van der Waals surface area contributed by atoms with Gasteiger partial charge in [0.05, 0.1) is 11.1 Å². The molecule has 0 aliphatic heterocycles. The van der Waals surface area contributed by atoms with E-state index in [4.69, 9.17) is 0 Å². The largest absolute Gasteiger partial charge is 0.388 e. The van der Waals surface area contributed by atoms with Crippen LogP contribution in [0, 0.1) is 0 Å². The van der Waals surface area contributed by atoms with Crippen LogP contribution in [0.5, 0.6) is 0 Å². The average Bonchev–Trinajstić information content (AvgIpc) is 3.03. The minimum absolute atomic E-state index is 0.238. The Bertz CT molecular complexity index is 600. The van der Waals surface area contributed by atoms with Gasteiger partial charge in [-0.1, -0.05) is 31.0 Å². The van der Waals surface area contributed by atoms with Crippen LogP contribution in [0.2, 0.25) is 0 Å². The minimum Gasteiger partial charge on any atom is -0.388 e. The lowest BCUT2D eigenvalue weighted by Gasteiger charge is -2.21.